The zero-order valence-electron chi connectivity index (χ0n) is 9.31. The van der Waals surface area contributed by atoms with Gasteiger partial charge < -0.3 is 15.1 Å². The summed E-state index contributed by atoms with van der Waals surface area (Å²) < 4.78 is 5.24. The van der Waals surface area contributed by atoms with E-state index in [-0.39, 0.29) is 12.3 Å². The van der Waals surface area contributed by atoms with Crippen LogP contribution in [0.15, 0.2) is 16.5 Å². The number of furan rings is 1. The largest absolute Gasteiger partial charge is 0.438 e. The standard InChI is InChI=1S/C11H16N2O3/c1-2-3-6-13(7-10(12)15)11-5-4-9(8-14)16-11/h4-5,8H,2-3,6-7H2,1H3,(H2,12,15). The highest BCUT2D eigenvalue weighted by atomic mass is 16.4. The Balaban J connectivity index is 2.73. The lowest BCUT2D eigenvalue weighted by Gasteiger charge is -2.19. The number of nitrogens with zero attached hydrogens (tertiary/aromatic N) is 1. The molecule has 1 heterocycles. The van der Waals surface area contributed by atoms with Gasteiger partial charge in [0, 0.05) is 12.6 Å². The van der Waals surface area contributed by atoms with Gasteiger partial charge in [-0.1, -0.05) is 13.3 Å². The molecule has 0 bridgehead atoms. The van der Waals surface area contributed by atoms with Gasteiger partial charge in [-0.2, -0.15) is 0 Å². The first-order chi connectivity index (χ1) is 7.67. The monoisotopic (exact) mass is 224 g/mol. The molecule has 5 heteroatoms. The molecule has 2 N–H and O–H groups in total. The van der Waals surface area contributed by atoms with Crippen molar-refractivity contribution in [1.82, 2.24) is 0 Å². The molecule has 0 aliphatic heterocycles. The molecular weight excluding hydrogens is 208 g/mol. The number of hydrogen-bond donors (Lipinski definition) is 1. The predicted molar refractivity (Wildman–Crippen MR) is 60.4 cm³/mol. The van der Waals surface area contributed by atoms with Crippen LogP contribution in [0.5, 0.6) is 0 Å². The van der Waals surface area contributed by atoms with Crippen LogP contribution in [0.4, 0.5) is 5.88 Å². The first kappa shape index (κ1) is 12.3. The van der Waals surface area contributed by atoms with E-state index in [4.69, 9.17) is 10.2 Å². The number of carbonyl (C=O) groups is 2. The minimum absolute atomic E-state index is 0.103. The lowest BCUT2D eigenvalue weighted by Crippen LogP contribution is -2.34. The summed E-state index contributed by atoms with van der Waals surface area (Å²) in [5.74, 6) is 0.343. The van der Waals surface area contributed by atoms with Crippen LogP contribution in [0.3, 0.4) is 0 Å². The maximum atomic E-state index is 10.9. The number of anilines is 1. The predicted octanol–water partition coefficient (Wildman–Crippen LogP) is 1.18. The van der Waals surface area contributed by atoms with Gasteiger partial charge in [-0.3, -0.25) is 9.59 Å². The highest BCUT2D eigenvalue weighted by Gasteiger charge is 2.12. The van der Waals surface area contributed by atoms with Crippen LogP contribution in [-0.4, -0.2) is 25.3 Å². The van der Waals surface area contributed by atoms with E-state index in [9.17, 15) is 9.59 Å². The van der Waals surface area contributed by atoms with Crippen molar-refractivity contribution >= 4 is 18.1 Å². The Hall–Kier alpha value is -1.78. The summed E-state index contributed by atoms with van der Waals surface area (Å²) >= 11 is 0. The number of amides is 1. The number of carbonyl (C=O) groups excluding carboxylic acids is 2. The van der Waals surface area contributed by atoms with E-state index >= 15 is 0 Å². The number of primary amides is 1. The van der Waals surface area contributed by atoms with Crippen LogP contribution in [0.1, 0.15) is 30.3 Å². The van der Waals surface area contributed by atoms with Gasteiger partial charge in [-0.15, -0.1) is 0 Å². The third kappa shape index (κ3) is 3.42. The lowest BCUT2D eigenvalue weighted by atomic mass is 10.3. The molecule has 1 aromatic rings. The summed E-state index contributed by atoms with van der Waals surface area (Å²) in [6, 6.07) is 3.24. The van der Waals surface area contributed by atoms with Crippen molar-refractivity contribution in [2.75, 3.05) is 18.0 Å². The van der Waals surface area contributed by atoms with Crippen molar-refractivity contribution in [1.29, 1.82) is 0 Å². The van der Waals surface area contributed by atoms with E-state index < -0.39 is 5.91 Å². The molecule has 1 amide bonds. The zero-order valence-corrected chi connectivity index (χ0v) is 9.31. The molecule has 0 spiro atoms. The fourth-order valence-electron chi connectivity index (χ4n) is 1.38. The molecular formula is C11H16N2O3. The second kappa shape index (κ2) is 5.95. The number of rotatable bonds is 7. The molecule has 88 valence electrons. The molecule has 0 unspecified atom stereocenters. The molecule has 1 rings (SSSR count). The smallest absolute Gasteiger partial charge is 0.237 e. The Labute approximate surface area is 94.2 Å². The van der Waals surface area contributed by atoms with E-state index in [2.05, 4.69) is 6.92 Å². The summed E-state index contributed by atoms with van der Waals surface area (Å²) in [7, 11) is 0. The second-order valence-electron chi connectivity index (χ2n) is 3.54. The minimum Gasteiger partial charge on any atom is -0.438 e. The van der Waals surface area contributed by atoms with Gasteiger partial charge in [-0.05, 0) is 12.5 Å². The van der Waals surface area contributed by atoms with Crippen molar-refractivity contribution in [3.63, 3.8) is 0 Å². The average molecular weight is 224 g/mol. The highest BCUT2D eigenvalue weighted by Crippen LogP contribution is 2.17. The molecule has 5 nitrogen and oxygen atoms in total. The van der Waals surface area contributed by atoms with Crippen LogP contribution in [0.25, 0.3) is 0 Å². The van der Waals surface area contributed by atoms with Gasteiger partial charge in [0.1, 0.15) is 0 Å². The van der Waals surface area contributed by atoms with E-state index in [1.165, 1.54) is 0 Å². The molecule has 0 aliphatic rings. The maximum Gasteiger partial charge on any atom is 0.237 e. The van der Waals surface area contributed by atoms with Gasteiger partial charge in [0.15, 0.2) is 17.9 Å². The van der Waals surface area contributed by atoms with Gasteiger partial charge in [0.25, 0.3) is 0 Å². The van der Waals surface area contributed by atoms with Gasteiger partial charge >= 0.3 is 0 Å². The van der Waals surface area contributed by atoms with Gasteiger partial charge in [-0.25, -0.2) is 0 Å². The Bertz CT molecular complexity index is 360. The fourth-order valence-corrected chi connectivity index (χ4v) is 1.38. The van der Waals surface area contributed by atoms with Crippen LogP contribution in [-0.2, 0) is 4.79 Å². The van der Waals surface area contributed by atoms with Crippen molar-refractivity contribution < 1.29 is 14.0 Å². The Morgan fingerprint density at radius 3 is 2.81 bits per heavy atom. The quantitative estimate of drug-likeness (QED) is 0.705. The molecule has 0 fully saturated rings. The number of unbranched alkanes of at least 4 members (excludes halogenated alkanes) is 1. The van der Waals surface area contributed by atoms with Gasteiger partial charge in [0.2, 0.25) is 5.91 Å². The normalized spacial score (nSPS) is 10.1. The third-order valence-corrected chi connectivity index (χ3v) is 2.17. The summed E-state index contributed by atoms with van der Waals surface area (Å²) in [5.41, 5.74) is 5.15. The van der Waals surface area contributed by atoms with Crippen LogP contribution in [0, 0.1) is 0 Å². The second-order valence-corrected chi connectivity index (χ2v) is 3.54. The topological polar surface area (TPSA) is 76.5 Å². The number of hydrogen-bond acceptors (Lipinski definition) is 4. The Morgan fingerprint density at radius 2 is 2.31 bits per heavy atom. The fraction of sp³-hybridized carbons (Fsp3) is 0.455. The summed E-state index contributed by atoms with van der Waals surface area (Å²) in [6.07, 6.45) is 2.58. The van der Waals surface area contributed by atoms with E-state index in [1.54, 1.807) is 17.0 Å². The molecule has 0 aromatic carbocycles. The van der Waals surface area contributed by atoms with Gasteiger partial charge in [0.05, 0.1) is 6.54 Å². The summed E-state index contributed by atoms with van der Waals surface area (Å²) in [4.78, 5) is 23.1. The minimum atomic E-state index is -0.417. The summed E-state index contributed by atoms with van der Waals surface area (Å²) in [6.45, 7) is 2.85. The maximum absolute atomic E-state index is 10.9. The first-order valence-corrected chi connectivity index (χ1v) is 5.25. The zero-order chi connectivity index (χ0) is 12.0. The third-order valence-electron chi connectivity index (χ3n) is 2.17. The van der Waals surface area contributed by atoms with Crippen LogP contribution >= 0.6 is 0 Å². The summed E-state index contributed by atoms with van der Waals surface area (Å²) in [5, 5.41) is 0. The SMILES string of the molecule is CCCCN(CC(N)=O)c1ccc(C=O)o1. The van der Waals surface area contributed by atoms with E-state index in [1.807, 2.05) is 0 Å². The molecule has 1 aromatic heterocycles. The Kier molecular flexibility index (Phi) is 4.57. The van der Waals surface area contributed by atoms with Crippen molar-refractivity contribution in [3.05, 3.63) is 17.9 Å². The van der Waals surface area contributed by atoms with Crippen molar-refractivity contribution in [3.8, 4) is 0 Å². The number of nitrogens with two attached hydrogens (primary N) is 1. The molecule has 0 aliphatic carbocycles. The molecule has 0 saturated carbocycles. The molecule has 0 saturated heterocycles. The lowest BCUT2D eigenvalue weighted by molar-refractivity contribution is -0.116. The molecule has 16 heavy (non-hydrogen) atoms. The van der Waals surface area contributed by atoms with Crippen LogP contribution in [0.2, 0.25) is 0 Å². The number of aldehydes is 1. The molecule has 0 atom stereocenters. The highest BCUT2D eigenvalue weighted by molar-refractivity contribution is 5.79. The van der Waals surface area contributed by atoms with E-state index in [0.29, 0.717) is 18.7 Å². The molecule has 0 radical (unpaired) electrons. The van der Waals surface area contributed by atoms with E-state index in [0.717, 1.165) is 12.8 Å². The van der Waals surface area contributed by atoms with Crippen molar-refractivity contribution in [2.45, 2.75) is 19.8 Å². The Morgan fingerprint density at radius 1 is 1.56 bits per heavy atom. The first-order valence-electron chi connectivity index (χ1n) is 5.25. The average Bonchev–Trinajstić information content (AvgIpc) is 2.72. The van der Waals surface area contributed by atoms with Crippen molar-refractivity contribution in [2.24, 2.45) is 5.73 Å². The van der Waals surface area contributed by atoms with Crippen LogP contribution < -0.4 is 10.6 Å².